The molecule has 0 fully saturated rings. The number of aryl methyl sites for hydroxylation is 1. The molecule has 3 rings (SSSR count). The van der Waals surface area contributed by atoms with Gasteiger partial charge in [-0.3, -0.25) is 0 Å². The lowest BCUT2D eigenvalue weighted by Gasteiger charge is -2.17. The molecular weight excluding hydrogens is 348 g/mol. The van der Waals surface area contributed by atoms with E-state index in [-0.39, 0.29) is 0 Å². The first kappa shape index (κ1) is 14.9. The fourth-order valence-corrected chi connectivity index (χ4v) is 3.70. The average molecular weight is 366 g/mol. The van der Waals surface area contributed by atoms with Crippen molar-refractivity contribution >= 4 is 27.5 Å². The summed E-state index contributed by atoms with van der Waals surface area (Å²) >= 11 is 9.83. The lowest BCUT2D eigenvalue weighted by Crippen LogP contribution is -2.06. The van der Waals surface area contributed by atoms with Gasteiger partial charge in [0.05, 0.1) is 6.61 Å². The predicted octanol–water partition coefficient (Wildman–Crippen LogP) is 5.26. The van der Waals surface area contributed by atoms with Crippen molar-refractivity contribution in [2.75, 3.05) is 12.5 Å². The summed E-state index contributed by atoms with van der Waals surface area (Å²) < 4.78 is 6.95. The topological polar surface area (TPSA) is 9.23 Å². The normalized spacial score (nSPS) is 14.6. The van der Waals surface area contributed by atoms with Crippen molar-refractivity contribution in [3.8, 4) is 5.75 Å². The van der Waals surface area contributed by atoms with Gasteiger partial charge in [0, 0.05) is 22.7 Å². The zero-order valence-electron chi connectivity index (χ0n) is 12.0. The lowest BCUT2D eigenvalue weighted by molar-refractivity contribution is 0.353. The Hall–Kier alpha value is -0.990. The van der Waals surface area contributed by atoms with E-state index in [9.17, 15) is 0 Å². The molecule has 0 N–H and O–H groups in total. The van der Waals surface area contributed by atoms with Gasteiger partial charge in [-0.15, -0.1) is 11.6 Å². The summed E-state index contributed by atoms with van der Waals surface area (Å²) in [6.07, 6.45) is 1.91. The van der Waals surface area contributed by atoms with E-state index in [0.29, 0.717) is 11.8 Å². The molecule has 1 aliphatic heterocycles. The number of benzene rings is 2. The summed E-state index contributed by atoms with van der Waals surface area (Å²) in [7, 11) is 0. The van der Waals surface area contributed by atoms with Gasteiger partial charge in [-0.1, -0.05) is 45.8 Å². The molecule has 0 aliphatic carbocycles. The molecule has 1 aliphatic rings. The summed E-state index contributed by atoms with van der Waals surface area (Å²) in [5.74, 6) is 2.00. The zero-order chi connectivity index (χ0) is 14.8. The third kappa shape index (κ3) is 3.27. The van der Waals surface area contributed by atoms with E-state index >= 15 is 0 Å². The molecule has 1 unspecified atom stereocenters. The van der Waals surface area contributed by atoms with E-state index in [1.165, 1.54) is 22.3 Å². The molecular formula is C18H18BrClO. The van der Waals surface area contributed by atoms with Gasteiger partial charge in [0.2, 0.25) is 0 Å². The van der Waals surface area contributed by atoms with Crippen LogP contribution in [0.3, 0.4) is 0 Å². The second kappa shape index (κ2) is 6.41. The van der Waals surface area contributed by atoms with Gasteiger partial charge in [0.15, 0.2) is 0 Å². The van der Waals surface area contributed by atoms with Crippen LogP contribution in [0, 0.1) is 6.92 Å². The molecule has 0 saturated carbocycles. The summed E-state index contributed by atoms with van der Waals surface area (Å²) in [5.41, 5.74) is 5.13. The highest BCUT2D eigenvalue weighted by Gasteiger charge is 2.20. The molecule has 0 saturated heterocycles. The minimum absolute atomic E-state index is 0.315. The van der Waals surface area contributed by atoms with Crippen molar-refractivity contribution in [3.63, 3.8) is 0 Å². The molecule has 110 valence electrons. The summed E-state index contributed by atoms with van der Waals surface area (Å²) in [4.78, 5) is 0. The molecule has 2 aromatic carbocycles. The first-order valence-corrected chi connectivity index (χ1v) is 8.56. The third-order valence-corrected chi connectivity index (χ3v) is 4.86. The standard InChI is InChI=1S/C18H18BrClO/c1-12-2-4-13(5-3-12)16(11-20)8-15-10-17(19)9-14-6-7-21-18(14)15/h2-5,9-10,16H,6-8,11H2,1H3. The monoisotopic (exact) mass is 364 g/mol. The van der Waals surface area contributed by atoms with Gasteiger partial charge in [-0.2, -0.15) is 0 Å². The number of rotatable bonds is 4. The highest BCUT2D eigenvalue weighted by Crippen LogP contribution is 2.36. The van der Waals surface area contributed by atoms with Crippen LogP contribution in [0.4, 0.5) is 0 Å². The molecule has 0 radical (unpaired) electrons. The van der Waals surface area contributed by atoms with E-state index in [4.69, 9.17) is 16.3 Å². The number of ether oxygens (including phenoxy) is 1. The first-order valence-electron chi connectivity index (χ1n) is 7.24. The minimum atomic E-state index is 0.315. The maximum absolute atomic E-state index is 6.23. The molecule has 0 spiro atoms. The molecule has 0 bridgehead atoms. The van der Waals surface area contributed by atoms with Crippen LogP contribution in [0.15, 0.2) is 40.9 Å². The number of alkyl halides is 1. The van der Waals surface area contributed by atoms with Gasteiger partial charge in [0.1, 0.15) is 5.75 Å². The van der Waals surface area contributed by atoms with Crippen molar-refractivity contribution < 1.29 is 4.74 Å². The minimum Gasteiger partial charge on any atom is -0.493 e. The number of halogens is 2. The van der Waals surface area contributed by atoms with E-state index in [1.807, 2.05) is 0 Å². The second-order valence-electron chi connectivity index (χ2n) is 5.62. The Bertz CT molecular complexity index is 636. The van der Waals surface area contributed by atoms with Crippen LogP contribution in [0.25, 0.3) is 0 Å². The van der Waals surface area contributed by atoms with Gasteiger partial charge < -0.3 is 4.74 Å². The first-order chi connectivity index (χ1) is 10.2. The summed E-state index contributed by atoms with van der Waals surface area (Å²) in [6.45, 7) is 2.89. The van der Waals surface area contributed by atoms with Crippen molar-refractivity contribution in [2.24, 2.45) is 0 Å². The van der Waals surface area contributed by atoms with E-state index < -0.39 is 0 Å². The fraction of sp³-hybridized carbons (Fsp3) is 0.333. The Kier molecular flexibility index (Phi) is 4.56. The molecule has 0 aromatic heterocycles. The number of fused-ring (bicyclic) bond motifs is 1. The largest absolute Gasteiger partial charge is 0.493 e. The summed E-state index contributed by atoms with van der Waals surface area (Å²) in [5, 5.41) is 0. The Balaban J connectivity index is 1.89. The SMILES string of the molecule is Cc1ccc(C(CCl)Cc2cc(Br)cc3c2OCC3)cc1. The van der Waals surface area contributed by atoms with Crippen molar-refractivity contribution in [1.82, 2.24) is 0 Å². The van der Waals surface area contributed by atoms with E-state index in [1.54, 1.807) is 0 Å². The maximum atomic E-state index is 6.23. The molecule has 2 aromatic rings. The van der Waals surface area contributed by atoms with Crippen LogP contribution in [-0.2, 0) is 12.8 Å². The molecule has 21 heavy (non-hydrogen) atoms. The average Bonchev–Trinajstić information content (AvgIpc) is 2.94. The van der Waals surface area contributed by atoms with E-state index in [0.717, 1.165) is 29.7 Å². The van der Waals surface area contributed by atoms with Crippen molar-refractivity contribution in [3.05, 3.63) is 63.1 Å². The molecule has 0 amide bonds. The molecule has 1 heterocycles. The third-order valence-electron chi connectivity index (χ3n) is 4.03. The number of hydrogen-bond acceptors (Lipinski definition) is 1. The fourth-order valence-electron chi connectivity index (χ4n) is 2.86. The molecule has 1 nitrogen and oxygen atoms in total. The predicted molar refractivity (Wildman–Crippen MR) is 91.7 cm³/mol. The highest BCUT2D eigenvalue weighted by molar-refractivity contribution is 9.10. The Morgan fingerprint density at radius 3 is 2.71 bits per heavy atom. The van der Waals surface area contributed by atoms with E-state index in [2.05, 4.69) is 59.3 Å². The molecule has 1 atom stereocenters. The number of hydrogen-bond donors (Lipinski definition) is 0. The van der Waals surface area contributed by atoms with Gasteiger partial charge >= 0.3 is 0 Å². The van der Waals surface area contributed by atoms with Gasteiger partial charge in [-0.25, -0.2) is 0 Å². The van der Waals surface area contributed by atoms with Crippen LogP contribution in [-0.4, -0.2) is 12.5 Å². The second-order valence-corrected chi connectivity index (χ2v) is 6.84. The van der Waals surface area contributed by atoms with Crippen molar-refractivity contribution in [2.45, 2.75) is 25.7 Å². The lowest BCUT2D eigenvalue weighted by atomic mass is 9.92. The maximum Gasteiger partial charge on any atom is 0.125 e. The quantitative estimate of drug-likeness (QED) is 0.672. The van der Waals surface area contributed by atoms with Gasteiger partial charge in [0.25, 0.3) is 0 Å². The Morgan fingerprint density at radius 2 is 2.00 bits per heavy atom. The van der Waals surface area contributed by atoms with Gasteiger partial charge in [-0.05, 0) is 42.2 Å². The van der Waals surface area contributed by atoms with Crippen molar-refractivity contribution in [1.29, 1.82) is 0 Å². The summed E-state index contributed by atoms with van der Waals surface area (Å²) in [6, 6.07) is 13.0. The zero-order valence-corrected chi connectivity index (χ0v) is 14.4. The van der Waals surface area contributed by atoms with Crippen LogP contribution < -0.4 is 4.74 Å². The Morgan fingerprint density at radius 1 is 1.24 bits per heavy atom. The van der Waals surface area contributed by atoms with Crippen LogP contribution in [0.1, 0.15) is 28.2 Å². The smallest absolute Gasteiger partial charge is 0.125 e. The highest BCUT2D eigenvalue weighted by atomic mass is 79.9. The van der Waals surface area contributed by atoms with Crippen LogP contribution in [0.5, 0.6) is 5.75 Å². The van der Waals surface area contributed by atoms with Crippen LogP contribution >= 0.6 is 27.5 Å². The molecule has 3 heteroatoms. The Labute approximate surface area is 139 Å². The van der Waals surface area contributed by atoms with Crippen LogP contribution in [0.2, 0.25) is 0 Å².